The Morgan fingerprint density at radius 2 is 1.54 bits per heavy atom. The van der Waals surface area contributed by atoms with Crippen molar-refractivity contribution in [1.82, 2.24) is 4.57 Å². The molecule has 0 bridgehead atoms. The molecule has 5 aromatic rings. The molecule has 4 aromatic carbocycles. The number of nitrogens with zero attached hydrogens (tertiary/aromatic N) is 3. The van der Waals surface area contributed by atoms with Crippen LogP contribution in [0.2, 0.25) is 5.02 Å². The molecule has 2 heterocycles. The zero-order chi connectivity index (χ0) is 26.9. The third kappa shape index (κ3) is 5.03. The van der Waals surface area contributed by atoms with Gasteiger partial charge in [0.2, 0.25) is 0 Å². The van der Waals surface area contributed by atoms with Crippen molar-refractivity contribution in [2.24, 2.45) is 4.99 Å². The van der Waals surface area contributed by atoms with Crippen LogP contribution in [0.25, 0.3) is 17.0 Å². The smallest absolute Gasteiger partial charge is 0.271 e. The van der Waals surface area contributed by atoms with Crippen molar-refractivity contribution in [2.45, 2.75) is 20.4 Å². The number of amides is 1. The minimum Gasteiger partial charge on any atom is -0.342 e. The molecule has 0 saturated carbocycles. The van der Waals surface area contributed by atoms with Crippen molar-refractivity contribution in [3.63, 3.8) is 0 Å². The number of anilines is 1. The van der Waals surface area contributed by atoms with Gasteiger partial charge in [0.05, 0.1) is 16.3 Å². The van der Waals surface area contributed by atoms with Gasteiger partial charge in [-0.3, -0.25) is 9.69 Å². The molecule has 1 aliphatic rings. The number of amidine groups is 1. The lowest BCUT2D eigenvalue weighted by atomic mass is 10.1. The lowest BCUT2D eigenvalue weighted by Gasteiger charge is -2.16. The van der Waals surface area contributed by atoms with Crippen molar-refractivity contribution in [3.8, 4) is 0 Å². The highest BCUT2D eigenvalue weighted by atomic mass is 35.5. The molecule has 6 rings (SSSR count). The number of rotatable bonds is 5. The molecule has 1 fully saturated rings. The number of hydrogen-bond donors (Lipinski definition) is 0. The van der Waals surface area contributed by atoms with E-state index in [9.17, 15) is 4.79 Å². The summed E-state index contributed by atoms with van der Waals surface area (Å²) in [7, 11) is 0. The summed E-state index contributed by atoms with van der Waals surface area (Å²) >= 11 is 7.51. The van der Waals surface area contributed by atoms with E-state index in [2.05, 4.69) is 22.9 Å². The molecule has 4 nitrogen and oxygen atoms in total. The Balaban J connectivity index is 1.43. The van der Waals surface area contributed by atoms with Crippen LogP contribution < -0.4 is 4.90 Å². The first-order chi connectivity index (χ1) is 19.0. The molecular formula is C33H26ClN3OS. The van der Waals surface area contributed by atoms with Gasteiger partial charge in [-0.15, -0.1) is 0 Å². The molecule has 192 valence electrons. The largest absolute Gasteiger partial charge is 0.342 e. The lowest BCUT2D eigenvalue weighted by molar-refractivity contribution is -0.113. The molecule has 1 saturated heterocycles. The van der Waals surface area contributed by atoms with Gasteiger partial charge < -0.3 is 4.57 Å². The highest BCUT2D eigenvalue weighted by molar-refractivity contribution is 8.19. The number of aromatic nitrogens is 1. The molecule has 0 unspecified atom stereocenters. The Kier molecular flexibility index (Phi) is 6.86. The summed E-state index contributed by atoms with van der Waals surface area (Å²) < 4.78 is 2.22. The van der Waals surface area contributed by atoms with Gasteiger partial charge in [-0.25, -0.2) is 4.99 Å². The minimum absolute atomic E-state index is 0.0780. The van der Waals surface area contributed by atoms with Crippen LogP contribution in [0.1, 0.15) is 22.3 Å². The molecular weight excluding hydrogens is 522 g/mol. The summed E-state index contributed by atoms with van der Waals surface area (Å²) in [6, 6.07) is 32.0. The van der Waals surface area contributed by atoms with E-state index in [0.29, 0.717) is 16.6 Å². The van der Waals surface area contributed by atoms with Crippen molar-refractivity contribution < 1.29 is 4.79 Å². The second-order valence-corrected chi connectivity index (χ2v) is 11.0. The molecule has 0 atom stereocenters. The highest BCUT2D eigenvalue weighted by Crippen LogP contribution is 2.39. The summed E-state index contributed by atoms with van der Waals surface area (Å²) in [4.78, 5) is 21.3. The first-order valence-electron chi connectivity index (χ1n) is 12.7. The third-order valence-electron chi connectivity index (χ3n) is 6.84. The van der Waals surface area contributed by atoms with Gasteiger partial charge in [-0.2, -0.15) is 0 Å². The predicted molar refractivity (Wildman–Crippen MR) is 165 cm³/mol. The van der Waals surface area contributed by atoms with Crippen molar-refractivity contribution in [3.05, 3.63) is 135 Å². The maximum absolute atomic E-state index is 13.9. The van der Waals surface area contributed by atoms with Crippen molar-refractivity contribution >= 4 is 62.8 Å². The second kappa shape index (κ2) is 10.6. The molecule has 1 amide bonds. The number of halogens is 1. The van der Waals surface area contributed by atoms with Crippen LogP contribution in [0.5, 0.6) is 0 Å². The number of hydrogen-bond acceptors (Lipinski definition) is 3. The van der Waals surface area contributed by atoms with Gasteiger partial charge in [0.1, 0.15) is 0 Å². The van der Waals surface area contributed by atoms with E-state index in [0.717, 1.165) is 49.6 Å². The quantitative estimate of drug-likeness (QED) is 0.206. The molecule has 6 heteroatoms. The van der Waals surface area contributed by atoms with Crippen molar-refractivity contribution in [1.29, 1.82) is 0 Å². The van der Waals surface area contributed by atoms with E-state index in [1.807, 2.05) is 105 Å². The van der Waals surface area contributed by atoms with E-state index in [1.54, 1.807) is 4.90 Å². The SMILES string of the molecule is Cc1cccc(C)c1N=C1SC(=Cc2cn(Cc3ccc(Cl)cc3)c3ccccc23)C(=O)N1c1ccccc1. The molecule has 0 N–H and O–H groups in total. The van der Waals surface area contributed by atoms with Crippen LogP contribution >= 0.6 is 23.4 Å². The summed E-state index contributed by atoms with van der Waals surface area (Å²) in [6.07, 6.45) is 4.12. The van der Waals surface area contributed by atoms with Gasteiger partial charge >= 0.3 is 0 Å². The normalized spacial score (nSPS) is 15.7. The topological polar surface area (TPSA) is 37.6 Å². The summed E-state index contributed by atoms with van der Waals surface area (Å²) in [5.41, 5.74) is 7.11. The lowest BCUT2D eigenvalue weighted by Crippen LogP contribution is -2.28. The zero-order valence-electron chi connectivity index (χ0n) is 21.6. The Bertz CT molecular complexity index is 1730. The monoisotopic (exact) mass is 547 g/mol. The van der Waals surface area contributed by atoms with Gasteiger partial charge in [0.25, 0.3) is 5.91 Å². The third-order valence-corrected chi connectivity index (χ3v) is 8.06. The minimum atomic E-state index is -0.0780. The Morgan fingerprint density at radius 1 is 0.846 bits per heavy atom. The number of para-hydroxylation sites is 3. The molecule has 0 aliphatic carbocycles. The molecule has 1 aliphatic heterocycles. The van der Waals surface area contributed by atoms with Crippen LogP contribution in [-0.4, -0.2) is 15.6 Å². The van der Waals surface area contributed by atoms with E-state index >= 15 is 0 Å². The number of aliphatic imine (C=N–C) groups is 1. The molecule has 1 aromatic heterocycles. The van der Waals surface area contributed by atoms with E-state index in [1.165, 1.54) is 11.8 Å². The van der Waals surface area contributed by atoms with Crippen LogP contribution in [0, 0.1) is 13.8 Å². The Morgan fingerprint density at radius 3 is 2.28 bits per heavy atom. The van der Waals surface area contributed by atoms with E-state index in [4.69, 9.17) is 16.6 Å². The second-order valence-electron chi connectivity index (χ2n) is 9.58. The summed E-state index contributed by atoms with van der Waals surface area (Å²) in [5.74, 6) is -0.0780. The summed E-state index contributed by atoms with van der Waals surface area (Å²) in [6.45, 7) is 4.80. The average molecular weight is 548 g/mol. The van der Waals surface area contributed by atoms with Crippen LogP contribution in [-0.2, 0) is 11.3 Å². The number of carbonyl (C=O) groups excluding carboxylic acids is 1. The first kappa shape index (κ1) is 25.2. The van der Waals surface area contributed by atoms with Crippen molar-refractivity contribution in [2.75, 3.05) is 4.90 Å². The van der Waals surface area contributed by atoms with Gasteiger partial charge in [-0.1, -0.05) is 78.3 Å². The average Bonchev–Trinajstić information content (AvgIpc) is 3.44. The molecule has 0 radical (unpaired) electrons. The maximum Gasteiger partial charge on any atom is 0.271 e. The van der Waals surface area contributed by atoms with E-state index < -0.39 is 0 Å². The highest BCUT2D eigenvalue weighted by Gasteiger charge is 2.35. The number of thioether (sulfide) groups is 1. The van der Waals surface area contributed by atoms with Gasteiger partial charge in [-0.05, 0) is 78.7 Å². The molecule has 0 spiro atoms. The van der Waals surface area contributed by atoms with Gasteiger partial charge in [0.15, 0.2) is 5.17 Å². The number of carbonyl (C=O) groups is 1. The van der Waals surface area contributed by atoms with Gasteiger partial charge in [0, 0.05) is 34.2 Å². The fourth-order valence-electron chi connectivity index (χ4n) is 4.88. The predicted octanol–water partition coefficient (Wildman–Crippen LogP) is 8.77. The summed E-state index contributed by atoms with van der Waals surface area (Å²) in [5, 5.41) is 2.47. The van der Waals surface area contributed by atoms with Crippen LogP contribution in [0.3, 0.4) is 0 Å². The van der Waals surface area contributed by atoms with E-state index in [-0.39, 0.29) is 5.91 Å². The Labute approximate surface area is 237 Å². The Hall–Kier alpha value is -4.06. The van der Waals surface area contributed by atoms with Crippen LogP contribution in [0.15, 0.2) is 113 Å². The van der Waals surface area contributed by atoms with Crippen LogP contribution in [0.4, 0.5) is 11.4 Å². The molecule has 39 heavy (non-hydrogen) atoms. The number of benzene rings is 4. The number of aryl methyl sites for hydroxylation is 2. The standard InChI is InChI=1S/C33H26ClN3OS/c1-22-9-8-10-23(2)31(22)35-33-37(27-11-4-3-5-12-27)32(38)30(39-33)19-25-21-36(29-14-7-6-13-28(25)29)20-24-15-17-26(34)18-16-24/h3-19,21H,20H2,1-2H3. The first-order valence-corrected chi connectivity index (χ1v) is 13.9. The zero-order valence-corrected chi connectivity index (χ0v) is 23.2. The number of fused-ring (bicyclic) bond motifs is 1. The fraction of sp³-hybridized carbons (Fsp3) is 0.0909. The fourth-order valence-corrected chi connectivity index (χ4v) is 5.98. The maximum atomic E-state index is 13.9.